The molecule has 0 saturated heterocycles. The first kappa shape index (κ1) is 37.9. The van der Waals surface area contributed by atoms with Gasteiger partial charge in [0.2, 0.25) is 0 Å². The van der Waals surface area contributed by atoms with Crippen LogP contribution in [0.15, 0.2) is 0 Å². The molecule has 0 spiro atoms. The first-order valence-electron chi connectivity index (χ1n) is 16.4. The molecule has 0 aromatic rings. The Morgan fingerprint density at radius 3 is 1.79 bits per heavy atom. The molecule has 0 heterocycles. The Morgan fingerprint density at radius 1 is 0.692 bits per heavy atom. The van der Waals surface area contributed by atoms with Gasteiger partial charge in [0.1, 0.15) is 6.10 Å². The van der Waals surface area contributed by atoms with Crippen molar-refractivity contribution in [3.05, 3.63) is 0 Å². The van der Waals surface area contributed by atoms with Crippen LogP contribution in [-0.2, 0) is 19.1 Å². The van der Waals surface area contributed by atoms with Crippen molar-refractivity contribution in [1.82, 2.24) is 4.90 Å². The van der Waals surface area contributed by atoms with Crippen LogP contribution >= 0.6 is 0 Å². The highest BCUT2D eigenvalue weighted by Crippen LogP contribution is 2.27. The summed E-state index contributed by atoms with van der Waals surface area (Å²) in [5, 5.41) is 0. The van der Waals surface area contributed by atoms with Crippen LogP contribution in [0, 0.1) is 10.8 Å². The van der Waals surface area contributed by atoms with Gasteiger partial charge in [-0.05, 0) is 91.3 Å². The predicted octanol–water partition coefficient (Wildman–Crippen LogP) is 9.51. The molecule has 1 atom stereocenters. The van der Waals surface area contributed by atoms with Crippen molar-refractivity contribution in [2.45, 2.75) is 170 Å². The number of esters is 2. The summed E-state index contributed by atoms with van der Waals surface area (Å²) < 4.78 is 11.5. The topological polar surface area (TPSA) is 55.8 Å². The molecule has 0 aliphatic heterocycles. The van der Waals surface area contributed by atoms with Crippen molar-refractivity contribution in [2.75, 3.05) is 27.2 Å². The minimum atomic E-state index is -0.438. The number of nitrogens with zero attached hydrogens (tertiary/aromatic N) is 1. The molecular formula is C34H67NO4. The largest absolute Gasteiger partial charge is 0.465 e. The Hall–Kier alpha value is -1.10. The highest BCUT2D eigenvalue weighted by Gasteiger charge is 2.28. The molecule has 0 bridgehead atoms. The van der Waals surface area contributed by atoms with Crippen molar-refractivity contribution < 1.29 is 19.1 Å². The summed E-state index contributed by atoms with van der Waals surface area (Å²) in [5.41, 5.74) is -0.0567. The van der Waals surface area contributed by atoms with E-state index in [1.807, 2.05) is 27.9 Å². The molecule has 0 amide bonds. The summed E-state index contributed by atoms with van der Waals surface area (Å²) in [6.45, 7) is 14.6. The van der Waals surface area contributed by atoms with E-state index in [4.69, 9.17) is 9.47 Å². The van der Waals surface area contributed by atoms with Gasteiger partial charge in [0, 0.05) is 6.42 Å². The quantitative estimate of drug-likeness (QED) is 0.0832. The molecule has 5 nitrogen and oxygen atoms in total. The van der Waals surface area contributed by atoms with Gasteiger partial charge in [0.15, 0.2) is 0 Å². The van der Waals surface area contributed by atoms with Crippen LogP contribution in [0.4, 0.5) is 0 Å². The lowest BCUT2D eigenvalue weighted by molar-refractivity contribution is -0.154. The third-order valence-corrected chi connectivity index (χ3v) is 7.60. The van der Waals surface area contributed by atoms with Gasteiger partial charge >= 0.3 is 11.9 Å². The van der Waals surface area contributed by atoms with E-state index < -0.39 is 5.41 Å². The van der Waals surface area contributed by atoms with Crippen LogP contribution in [0.2, 0.25) is 0 Å². The van der Waals surface area contributed by atoms with E-state index >= 15 is 0 Å². The standard InChI is InChI=1S/C34H67NO4/c1-9-10-11-12-13-14-21-29-38-32(37)34(5,6)27-20-16-18-24-30(23-17-15-19-26-33(2,3)4)39-31(36)25-22-28-35(7)8/h30H,9-29H2,1-8H3. The maximum atomic E-state index is 12.6. The number of hydrogen-bond acceptors (Lipinski definition) is 5. The molecule has 5 heteroatoms. The van der Waals surface area contributed by atoms with E-state index in [2.05, 4.69) is 32.6 Å². The first-order chi connectivity index (χ1) is 18.4. The van der Waals surface area contributed by atoms with Gasteiger partial charge in [0.05, 0.1) is 12.0 Å². The summed E-state index contributed by atoms with van der Waals surface area (Å²) in [4.78, 5) is 27.2. The van der Waals surface area contributed by atoms with Gasteiger partial charge < -0.3 is 14.4 Å². The smallest absolute Gasteiger partial charge is 0.311 e. The van der Waals surface area contributed by atoms with Crippen LogP contribution in [0.3, 0.4) is 0 Å². The second kappa shape index (κ2) is 22.6. The monoisotopic (exact) mass is 554 g/mol. The van der Waals surface area contributed by atoms with Crippen LogP contribution in [0.1, 0.15) is 164 Å². The molecule has 39 heavy (non-hydrogen) atoms. The molecular weight excluding hydrogens is 486 g/mol. The van der Waals surface area contributed by atoms with E-state index in [0.717, 1.165) is 70.8 Å². The Bertz CT molecular complexity index is 609. The molecule has 0 radical (unpaired) electrons. The maximum Gasteiger partial charge on any atom is 0.311 e. The molecule has 0 rings (SSSR count). The maximum absolute atomic E-state index is 12.6. The number of rotatable bonds is 25. The number of hydrogen-bond donors (Lipinski definition) is 0. The van der Waals surface area contributed by atoms with Gasteiger partial charge in [-0.1, -0.05) is 91.9 Å². The fourth-order valence-corrected chi connectivity index (χ4v) is 4.89. The number of unbranched alkanes of at least 4 members (excludes halogenated alkanes) is 10. The van der Waals surface area contributed by atoms with Crippen LogP contribution in [0.25, 0.3) is 0 Å². The predicted molar refractivity (Wildman–Crippen MR) is 166 cm³/mol. The van der Waals surface area contributed by atoms with Gasteiger partial charge in [0.25, 0.3) is 0 Å². The van der Waals surface area contributed by atoms with Gasteiger partial charge in [-0.15, -0.1) is 0 Å². The van der Waals surface area contributed by atoms with Gasteiger partial charge in [-0.2, -0.15) is 0 Å². The van der Waals surface area contributed by atoms with Gasteiger partial charge in [-0.25, -0.2) is 0 Å². The van der Waals surface area contributed by atoms with Gasteiger partial charge in [-0.3, -0.25) is 9.59 Å². The van der Waals surface area contributed by atoms with Crippen molar-refractivity contribution in [3.8, 4) is 0 Å². The molecule has 0 aromatic heterocycles. The highest BCUT2D eigenvalue weighted by atomic mass is 16.5. The minimum absolute atomic E-state index is 0.0199. The van der Waals surface area contributed by atoms with Crippen molar-refractivity contribution in [1.29, 1.82) is 0 Å². The van der Waals surface area contributed by atoms with E-state index in [1.165, 1.54) is 51.4 Å². The Balaban J connectivity index is 4.33. The summed E-state index contributed by atoms with van der Waals surface area (Å²) in [6.07, 6.45) is 20.5. The van der Waals surface area contributed by atoms with Crippen LogP contribution in [-0.4, -0.2) is 50.2 Å². The fourth-order valence-electron chi connectivity index (χ4n) is 4.89. The summed E-state index contributed by atoms with van der Waals surface area (Å²) in [5.74, 6) is -0.116. The zero-order valence-electron chi connectivity index (χ0n) is 27.5. The molecule has 0 aliphatic rings. The zero-order chi connectivity index (χ0) is 29.6. The van der Waals surface area contributed by atoms with E-state index in [9.17, 15) is 9.59 Å². The summed E-state index contributed by atoms with van der Waals surface area (Å²) >= 11 is 0. The third kappa shape index (κ3) is 24.4. The van der Waals surface area contributed by atoms with Crippen molar-refractivity contribution >= 4 is 11.9 Å². The lowest BCUT2D eigenvalue weighted by Gasteiger charge is -2.23. The van der Waals surface area contributed by atoms with Crippen molar-refractivity contribution in [2.24, 2.45) is 10.8 Å². The highest BCUT2D eigenvalue weighted by molar-refractivity contribution is 5.75. The van der Waals surface area contributed by atoms with E-state index in [1.54, 1.807) is 0 Å². The molecule has 0 aromatic carbocycles. The lowest BCUT2D eigenvalue weighted by atomic mass is 9.86. The molecule has 232 valence electrons. The third-order valence-electron chi connectivity index (χ3n) is 7.60. The fraction of sp³-hybridized carbons (Fsp3) is 0.941. The normalized spacial score (nSPS) is 13.1. The second-order valence-electron chi connectivity index (χ2n) is 13.9. The zero-order valence-corrected chi connectivity index (χ0v) is 27.5. The number of carbonyl (C=O) groups is 2. The molecule has 0 N–H and O–H groups in total. The number of carbonyl (C=O) groups excluding carboxylic acids is 2. The molecule has 0 saturated carbocycles. The average Bonchev–Trinajstić information content (AvgIpc) is 2.83. The summed E-state index contributed by atoms with van der Waals surface area (Å²) in [7, 11) is 4.06. The van der Waals surface area contributed by atoms with E-state index in [0.29, 0.717) is 18.4 Å². The molecule has 0 aliphatic carbocycles. The lowest BCUT2D eigenvalue weighted by Crippen LogP contribution is -2.27. The SMILES string of the molecule is CCCCCCCCCOC(=O)C(C)(C)CCCCCC(CCCCCC(C)(C)C)OC(=O)CCCN(C)C. The first-order valence-corrected chi connectivity index (χ1v) is 16.4. The Labute approximate surface area is 243 Å². The minimum Gasteiger partial charge on any atom is -0.465 e. The average molecular weight is 554 g/mol. The Kier molecular flexibility index (Phi) is 21.9. The molecule has 0 fully saturated rings. The van der Waals surface area contributed by atoms with Crippen LogP contribution in [0.5, 0.6) is 0 Å². The number of ether oxygens (including phenoxy) is 2. The van der Waals surface area contributed by atoms with Crippen LogP contribution < -0.4 is 0 Å². The van der Waals surface area contributed by atoms with E-state index in [-0.39, 0.29) is 18.0 Å². The second-order valence-corrected chi connectivity index (χ2v) is 13.9. The summed E-state index contributed by atoms with van der Waals surface area (Å²) in [6, 6.07) is 0. The Morgan fingerprint density at radius 2 is 1.23 bits per heavy atom. The van der Waals surface area contributed by atoms with Crippen molar-refractivity contribution in [3.63, 3.8) is 0 Å². The molecule has 1 unspecified atom stereocenters.